The molecule has 16 heavy (non-hydrogen) atoms. The highest BCUT2D eigenvalue weighted by atomic mass is 79.9. The van der Waals surface area contributed by atoms with Crippen LogP contribution in [0.4, 0.5) is 5.69 Å². The number of halogens is 1. The summed E-state index contributed by atoms with van der Waals surface area (Å²) in [4.78, 5) is 0. The van der Waals surface area contributed by atoms with E-state index >= 15 is 0 Å². The third kappa shape index (κ3) is 2.47. The molecule has 1 atom stereocenters. The van der Waals surface area contributed by atoms with Crippen molar-refractivity contribution in [1.82, 2.24) is 0 Å². The molecule has 0 amide bonds. The van der Waals surface area contributed by atoms with Crippen LogP contribution in [0.2, 0.25) is 0 Å². The quantitative estimate of drug-likeness (QED) is 0.894. The van der Waals surface area contributed by atoms with E-state index in [0.29, 0.717) is 0 Å². The SMILES string of the molecule is Cc1ccc(Br)c(NC(C)c2ccoc2)c1. The van der Waals surface area contributed by atoms with E-state index in [1.54, 1.807) is 12.5 Å². The van der Waals surface area contributed by atoms with Crippen molar-refractivity contribution in [3.05, 3.63) is 52.4 Å². The lowest BCUT2D eigenvalue weighted by Crippen LogP contribution is -2.06. The Balaban J connectivity index is 2.17. The van der Waals surface area contributed by atoms with Gasteiger partial charge in [-0.2, -0.15) is 0 Å². The number of hydrogen-bond donors (Lipinski definition) is 1. The molecule has 1 unspecified atom stereocenters. The molecular weight excluding hydrogens is 266 g/mol. The first kappa shape index (κ1) is 11.3. The zero-order valence-corrected chi connectivity index (χ0v) is 10.9. The molecule has 0 radical (unpaired) electrons. The van der Waals surface area contributed by atoms with Crippen molar-refractivity contribution < 1.29 is 4.42 Å². The largest absolute Gasteiger partial charge is 0.472 e. The van der Waals surface area contributed by atoms with Gasteiger partial charge in [-0.1, -0.05) is 6.07 Å². The van der Waals surface area contributed by atoms with Gasteiger partial charge in [0.05, 0.1) is 18.6 Å². The van der Waals surface area contributed by atoms with Gasteiger partial charge in [0.25, 0.3) is 0 Å². The van der Waals surface area contributed by atoms with E-state index in [9.17, 15) is 0 Å². The lowest BCUT2D eigenvalue weighted by atomic mass is 10.1. The molecule has 0 fully saturated rings. The van der Waals surface area contributed by atoms with Crippen molar-refractivity contribution >= 4 is 21.6 Å². The monoisotopic (exact) mass is 279 g/mol. The van der Waals surface area contributed by atoms with Crippen LogP contribution < -0.4 is 5.32 Å². The number of rotatable bonds is 3. The van der Waals surface area contributed by atoms with Crippen LogP contribution in [0.15, 0.2) is 45.7 Å². The molecule has 1 aromatic carbocycles. The zero-order chi connectivity index (χ0) is 11.5. The van der Waals surface area contributed by atoms with Crippen molar-refractivity contribution in [3.63, 3.8) is 0 Å². The van der Waals surface area contributed by atoms with Crippen molar-refractivity contribution in [2.45, 2.75) is 19.9 Å². The summed E-state index contributed by atoms with van der Waals surface area (Å²) < 4.78 is 6.15. The van der Waals surface area contributed by atoms with E-state index < -0.39 is 0 Å². The van der Waals surface area contributed by atoms with Gasteiger partial charge in [0.1, 0.15) is 0 Å². The summed E-state index contributed by atoms with van der Waals surface area (Å²) in [6.45, 7) is 4.19. The molecule has 2 rings (SSSR count). The molecule has 2 nitrogen and oxygen atoms in total. The molecule has 3 heteroatoms. The highest BCUT2D eigenvalue weighted by Gasteiger charge is 2.08. The lowest BCUT2D eigenvalue weighted by Gasteiger charge is -2.15. The average molecular weight is 280 g/mol. The summed E-state index contributed by atoms with van der Waals surface area (Å²) in [6.07, 6.45) is 3.46. The van der Waals surface area contributed by atoms with Gasteiger partial charge >= 0.3 is 0 Å². The van der Waals surface area contributed by atoms with Gasteiger partial charge in [-0.05, 0) is 53.5 Å². The summed E-state index contributed by atoms with van der Waals surface area (Å²) in [5, 5.41) is 3.45. The zero-order valence-electron chi connectivity index (χ0n) is 9.33. The number of aryl methyl sites for hydroxylation is 1. The van der Waals surface area contributed by atoms with Gasteiger partial charge in [-0.15, -0.1) is 0 Å². The van der Waals surface area contributed by atoms with Crippen LogP contribution in [0.1, 0.15) is 24.1 Å². The van der Waals surface area contributed by atoms with E-state index in [2.05, 4.69) is 53.3 Å². The van der Waals surface area contributed by atoms with Crippen LogP contribution in [0.25, 0.3) is 0 Å². The van der Waals surface area contributed by atoms with Crippen LogP contribution in [0.5, 0.6) is 0 Å². The predicted molar refractivity (Wildman–Crippen MR) is 69.6 cm³/mol. The van der Waals surface area contributed by atoms with E-state index in [4.69, 9.17) is 4.42 Å². The molecule has 0 bridgehead atoms. The van der Waals surface area contributed by atoms with Gasteiger partial charge in [0, 0.05) is 15.7 Å². The third-order valence-corrected chi connectivity index (χ3v) is 3.23. The maximum Gasteiger partial charge on any atom is 0.0955 e. The van der Waals surface area contributed by atoms with Crippen LogP contribution in [-0.2, 0) is 0 Å². The molecule has 0 spiro atoms. The average Bonchev–Trinajstić information content (AvgIpc) is 2.76. The Bertz CT molecular complexity index is 465. The summed E-state index contributed by atoms with van der Waals surface area (Å²) >= 11 is 3.54. The molecule has 0 aliphatic carbocycles. The van der Waals surface area contributed by atoms with Gasteiger partial charge < -0.3 is 9.73 Å². The topological polar surface area (TPSA) is 25.2 Å². The van der Waals surface area contributed by atoms with Crippen LogP contribution >= 0.6 is 15.9 Å². The Morgan fingerprint density at radius 2 is 2.12 bits per heavy atom. The van der Waals surface area contributed by atoms with Crippen molar-refractivity contribution in [3.8, 4) is 0 Å². The third-order valence-electron chi connectivity index (χ3n) is 2.54. The highest BCUT2D eigenvalue weighted by molar-refractivity contribution is 9.10. The van der Waals surface area contributed by atoms with Crippen molar-refractivity contribution in [2.24, 2.45) is 0 Å². The number of benzene rings is 1. The Labute approximate surface area is 104 Å². The van der Waals surface area contributed by atoms with Gasteiger partial charge in [0.2, 0.25) is 0 Å². The molecule has 1 N–H and O–H groups in total. The Kier molecular flexibility index (Phi) is 3.34. The first-order chi connectivity index (χ1) is 7.66. The molecule has 84 valence electrons. The van der Waals surface area contributed by atoms with Crippen LogP contribution in [0.3, 0.4) is 0 Å². The molecule has 1 heterocycles. The maximum absolute atomic E-state index is 5.08. The minimum atomic E-state index is 0.233. The van der Waals surface area contributed by atoms with E-state index in [0.717, 1.165) is 15.7 Å². The van der Waals surface area contributed by atoms with Gasteiger partial charge in [-0.3, -0.25) is 0 Å². The lowest BCUT2D eigenvalue weighted by molar-refractivity contribution is 0.562. The number of furan rings is 1. The molecule has 0 aliphatic rings. The first-order valence-corrected chi connectivity index (χ1v) is 6.01. The Hall–Kier alpha value is -1.22. The van der Waals surface area contributed by atoms with E-state index in [1.807, 2.05) is 6.07 Å². The first-order valence-electron chi connectivity index (χ1n) is 5.21. The second-order valence-corrected chi connectivity index (χ2v) is 4.76. The molecular formula is C13H14BrNO. The molecule has 0 aliphatic heterocycles. The standard InChI is InChI=1S/C13H14BrNO/c1-9-3-4-12(14)13(7-9)15-10(2)11-5-6-16-8-11/h3-8,10,15H,1-2H3. The predicted octanol–water partition coefficient (Wildman–Crippen LogP) is 4.52. The second kappa shape index (κ2) is 4.74. The summed E-state index contributed by atoms with van der Waals surface area (Å²) in [5.41, 5.74) is 3.49. The Morgan fingerprint density at radius 3 is 2.81 bits per heavy atom. The summed E-state index contributed by atoms with van der Waals surface area (Å²) in [7, 11) is 0. The van der Waals surface area contributed by atoms with E-state index in [-0.39, 0.29) is 6.04 Å². The Morgan fingerprint density at radius 1 is 1.31 bits per heavy atom. The molecule has 2 aromatic rings. The number of anilines is 1. The number of nitrogens with one attached hydrogen (secondary N) is 1. The van der Waals surface area contributed by atoms with Crippen molar-refractivity contribution in [2.75, 3.05) is 5.32 Å². The smallest absolute Gasteiger partial charge is 0.0955 e. The molecule has 0 saturated carbocycles. The van der Waals surface area contributed by atoms with Crippen LogP contribution in [-0.4, -0.2) is 0 Å². The fraction of sp³-hybridized carbons (Fsp3) is 0.231. The maximum atomic E-state index is 5.08. The fourth-order valence-electron chi connectivity index (χ4n) is 1.59. The highest BCUT2D eigenvalue weighted by Crippen LogP contribution is 2.27. The van der Waals surface area contributed by atoms with E-state index in [1.165, 1.54) is 5.56 Å². The van der Waals surface area contributed by atoms with Crippen LogP contribution in [0, 0.1) is 6.92 Å². The summed E-state index contributed by atoms with van der Waals surface area (Å²) in [6, 6.07) is 8.47. The van der Waals surface area contributed by atoms with Gasteiger partial charge in [-0.25, -0.2) is 0 Å². The van der Waals surface area contributed by atoms with Gasteiger partial charge in [0.15, 0.2) is 0 Å². The minimum absolute atomic E-state index is 0.233. The molecule has 0 saturated heterocycles. The summed E-state index contributed by atoms with van der Waals surface area (Å²) in [5.74, 6) is 0. The normalized spacial score (nSPS) is 12.4. The second-order valence-electron chi connectivity index (χ2n) is 3.91. The fourth-order valence-corrected chi connectivity index (χ4v) is 1.95. The number of hydrogen-bond acceptors (Lipinski definition) is 2. The van der Waals surface area contributed by atoms with Crippen molar-refractivity contribution in [1.29, 1.82) is 0 Å². The minimum Gasteiger partial charge on any atom is -0.472 e. The molecule has 1 aromatic heterocycles.